The lowest BCUT2D eigenvalue weighted by Gasteiger charge is -2.02. The third-order valence-electron chi connectivity index (χ3n) is 2.12. The molecule has 0 aliphatic heterocycles. The molecule has 1 aromatic carbocycles. The fourth-order valence-corrected chi connectivity index (χ4v) is 1.33. The molecule has 1 heterocycles. The Bertz CT molecular complexity index is 504. The van der Waals surface area contributed by atoms with E-state index in [0.717, 1.165) is 5.69 Å². The van der Waals surface area contributed by atoms with Crippen LogP contribution in [0.5, 0.6) is 0 Å². The fourth-order valence-electron chi connectivity index (χ4n) is 1.33. The van der Waals surface area contributed by atoms with Gasteiger partial charge in [-0.15, -0.1) is 5.10 Å². The molecule has 5 heteroatoms. The van der Waals surface area contributed by atoms with Crippen LogP contribution in [0.15, 0.2) is 24.3 Å². The molecule has 76 valence electrons. The number of aryl methyl sites for hydroxylation is 1. The molecule has 0 N–H and O–H groups in total. The Morgan fingerprint density at radius 3 is 2.80 bits per heavy atom. The van der Waals surface area contributed by atoms with Crippen LogP contribution in [0.3, 0.4) is 0 Å². The van der Waals surface area contributed by atoms with E-state index in [9.17, 15) is 4.79 Å². The van der Waals surface area contributed by atoms with Gasteiger partial charge >= 0.3 is 0 Å². The van der Waals surface area contributed by atoms with Gasteiger partial charge in [0.1, 0.15) is 0 Å². The summed E-state index contributed by atoms with van der Waals surface area (Å²) in [6.07, 6.45) is 0. The Hall–Kier alpha value is -2.04. The molecule has 0 saturated carbocycles. The van der Waals surface area contributed by atoms with Crippen LogP contribution in [0.1, 0.15) is 23.1 Å². The van der Waals surface area contributed by atoms with E-state index >= 15 is 0 Å². The largest absolute Gasteiger partial charge is 0.295 e. The molecule has 0 aliphatic rings. The summed E-state index contributed by atoms with van der Waals surface area (Å²) in [6.45, 7) is 3.34. The van der Waals surface area contributed by atoms with Crippen molar-refractivity contribution < 1.29 is 4.79 Å². The molecule has 0 spiro atoms. The molecule has 0 radical (unpaired) electrons. The molecule has 0 amide bonds. The van der Waals surface area contributed by atoms with E-state index in [1.54, 1.807) is 23.7 Å². The summed E-state index contributed by atoms with van der Waals surface area (Å²) >= 11 is 0. The number of aromatic nitrogens is 4. The van der Waals surface area contributed by atoms with E-state index < -0.39 is 0 Å². The maximum atomic E-state index is 11.2. The molecule has 0 atom stereocenters. The highest BCUT2D eigenvalue weighted by atomic mass is 16.1. The van der Waals surface area contributed by atoms with Gasteiger partial charge in [-0.05, 0) is 36.4 Å². The zero-order valence-electron chi connectivity index (χ0n) is 8.51. The number of rotatable bonds is 2. The number of hydrogen-bond acceptors (Lipinski definition) is 4. The predicted octanol–water partition coefficient (Wildman–Crippen LogP) is 1.17. The minimum absolute atomic E-state index is 0.0302. The number of benzene rings is 1. The lowest BCUT2D eigenvalue weighted by Crippen LogP contribution is -2.01. The first-order valence-corrected chi connectivity index (χ1v) is 4.55. The van der Waals surface area contributed by atoms with Crippen molar-refractivity contribution in [2.45, 2.75) is 13.8 Å². The first-order chi connectivity index (χ1) is 7.18. The second kappa shape index (κ2) is 3.61. The number of hydrogen-bond donors (Lipinski definition) is 0. The third kappa shape index (κ3) is 1.76. The summed E-state index contributed by atoms with van der Waals surface area (Å²) in [6, 6.07) is 7.21. The SMILES string of the molecule is CC(=O)c1cccc(-n2nnnc2C)c1. The first-order valence-electron chi connectivity index (χ1n) is 4.55. The Labute approximate surface area is 86.7 Å². The normalized spacial score (nSPS) is 10.3. The maximum absolute atomic E-state index is 11.2. The number of Topliss-reactive ketones (excluding diaryl/α,β-unsaturated/α-hetero) is 1. The third-order valence-corrected chi connectivity index (χ3v) is 2.12. The topological polar surface area (TPSA) is 60.7 Å². The standard InChI is InChI=1S/C10H10N4O/c1-7(15)9-4-3-5-10(6-9)14-8(2)11-12-13-14/h3-6H,1-2H3. The van der Waals surface area contributed by atoms with Crippen LogP contribution in [-0.4, -0.2) is 26.0 Å². The van der Waals surface area contributed by atoms with Crippen LogP contribution >= 0.6 is 0 Å². The Kier molecular flexibility index (Phi) is 2.29. The van der Waals surface area contributed by atoms with Crippen molar-refractivity contribution in [3.8, 4) is 5.69 Å². The van der Waals surface area contributed by atoms with Gasteiger partial charge < -0.3 is 0 Å². The van der Waals surface area contributed by atoms with Crippen LogP contribution in [-0.2, 0) is 0 Å². The van der Waals surface area contributed by atoms with Crippen LogP contribution in [0, 0.1) is 6.92 Å². The van der Waals surface area contributed by atoms with Gasteiger partial charge in [0, 0.05) is 5.56 Å². The minimum Gasteiger partial charge on any atom is -0.295 e. The highest BCUT2D eigenvalue weighted by molar-refractivity contribution is 5.94. The molecule has 0 bridgehead atoms. The van der Waals surface area contributed by atoms with E-state index in [0.29, 0.717) is 11.4 Å². The summed E-state index contributed by atoms with van der Waals surface area (Å²) < 4.78 is 1.59. The van der Waals surface area contributed by atoms with Gasteiger partial charge in [-0.2, -0.15) is 4.68 Å². The van der Waals surface area contributed by atoms with Crippen LogP contribution in [0.4, 0.5) is 0 Å². The second-order valence-corrected chi connectivity index (χ2v) is 3.24. The summed E-state index contributed by atoms with van der Waals surface area (Å²) in [5.74, 6) is 0.721. The molecule has 2 aromatic rings. The molecular formula is C10H10N4O. The fraction of sp³-hybridized carbons (Fsp3) is 0.200. The number of tetrazole rings is 1. The lowest BCUT2D eigenvalue weighted by atomic mass is 10.1. The van der Waals surface area contributed by atoms with Crippen molar-refractivity contribution in [2.24, 2.45) is 0 Å². The molecule has 5 nitrogen and oxygen atoms in total. The van der Waals surface area contributed by atoms with Gasteiger partial charge in [0.05, 0.1) is 5.69 Å². The number of nitrogens with zero attached hydrogens (tertiary/aromatic N) is 4. The van der Waals surface area contributed by atoms with E-state index in [1.165, 1.54) is 6.92 Å². The molecule has 0 saturated heterocycles. The van der Waals surface area contributed by atoms with Crippen molar-refractivity contribution in [1.29, 1.82) is 0 Å². The number of carbonyl (C=O) groups excluding carboxylic acids is 1. The molecule has 2 rings (SSSR count). The zero-order valence-corrected chi connectivity index (χ0v) is 8.51. The van der Waals surface area contributed by atoms with E-state index in [2.05, 4.69) is 15.5 Å². The molecule has 15 heavy (non-hydrogen) atoms. The van der Waals surface area contributed by atoms with E-state index in [4.69, 9.17) is 0 Å². The number of ketones is 1. The zero-order chi connectivity index (χ0) is 10.8. The van der Waals surface area contributed by atoms with Gasteiger partial charge in [0.2, 0.25) is 0 Å². The van der Waals surface area contributed by atoms with E-state index in [1.807, 2.05) is 12.1 Å². The Morgan fingerprint density at radius 1 is 1.40 bits per heavy atom. The van der Waals surface area contributed by atoms with Gasteiger partial charge in [0.25, 0.3) is 0 Å². The first kappa shape index (κ1) is 9.51. The minimum atomic E-state index is 0.0302. The molecule has 0 fully saturated rings. The molecule has 0 aliphatic carbocycles. The highest BCUT2D eigenvalue weighted by Crippen LogP contribution is 2.10. The summed E-state index contributed by atoms with van der Waals surface area (Å²) in [5, 5.41) is 11.2. The molecular weight excluding hydrogens is 192 g/mol. The average molecular weight is 202 g/mol. The average Bonchev–Trinajstić information content (AvgIpc) is 2.64. The van der Waals surface area contributed by atoms with Crippen LogP contribution < -0.4 is 0 Å². The van der Waals surface area contributed by atoms with Gasteiger partial charge in [0.15, 0.2) is 11.6 Å². The maximum Gasteiger partial charge on any atom is 0.159 e. The second-order valence-electron chi connectivity index (χ2n) is 3.24. The predicted molar refractivity (Wildman–Crippen MR) is 53.9 cm³/mol. The summed E-state index contributed by atoms with van der Waals surface area (Å²) in [7, 11) is 0. The Morgan fingerprint density at radius 2 is 2.20 bits per heavy atom. The quantitative estimate of drug-likeness (QED) is 0.686. The molecule has 0 unspecified atom stereocenters. The Balaban J connectivity index is 2.50. The van der Waals surface area contributed by atoms with Crippen molar-refractivity contribution in [2.75, 3.05) is 0 Å². The van der Waals surface area contributed by atoms with Crippen molar-refractivity contribution >= 4 is 5.78 Å². The number of carbonyl (C=O) groups is 1. The smallest absolute Gasteiger partial charge is 0.159 e. The highest BCUT2D eigenvalue weighted by Gasteiger charge is 2.05. The molecule has 1 aromatic heterocycles. The van der Waals surface area contributed by atoms with Crippen molar-refractivity contribution in [1.82, 2.24) is 20.2 Å². The van der Waals surface area contributed by atoms with Gasteiger partial charge in [-0.3, -0.25) is 4.79 Å². The summed E-state index contributed by atoms with van der Waals surface area (Å²) in [5.41, 5.74) is 1.45. The van der Waals surface area contributed by atoms with Crippen LogP contribution in [0.25, 0.3) is 5.69 Å². The van der Waals surface area contributed by atoms with Gasteiger partial charge in [-0.1, -0.05) is 12.1 Å². The monoisotopic (exact) mass is 202 g/mol. The lowest BCUT2D eigenvalue weighted by molar-refractivity contribution is 0.101. The van der Waals surface area contributed by atoms with Gasteiger partial charge in [-0.25, -0.2) is 0 Å². The summed E-state index contributed by atoms with van der Waals surface area (Å²) in [4.78, 5) is 11.2. The van der Waals surface area contributed by atoms with Crippen molar-refractivity contribution in [3.63, 3.8) is 0 Å². The van der Waals surface area contributed by atoms with Crippen LogP contribution in [0.2, 0.25) is 0 Å². The van der Waals surface area contributed by atoms with E-state index in [-0.39, 0.29) is 5.78 Å². The van der Waals surface area contributed by atoms with Crippen molar-refractivity contribution in [3.05, 3.63) is 35.7 Å².